The Bertz CT molecular complexity index is 568. The number of hydrogen-bond donors (Lipinski definition) is 0. The van der Waals surface area contributed by atoms with Crippen molar-refractivity contribution >= 4 is 28.8 Å². The highest BCUT2D eigenvalue weighted by Crippen LogP contribution is 2.23. The first-order chi connectivity index (χ1) is 10.1. The fourth-order valence-electron chi connectivity index (χ4n) is 2.11. The molecule has 0 unspecified atom stereocenters. The van der Waals surface area contributed by atoms with E-state index in [1.165, 1.54) is 5.56 Å². The molecule has 1 aromatic carbocycles. The van der Waals surface area contributed by atoms with Crippen LogP contribution >= 0.6 is 22.9 Å². The third kappa shape index (κ3) is 4.55. The van der Waals surface area contributed by atoms with Gasteiger partial charge in [0.05, 0.1) is 11.6 Å². The summed E-state index contributed by atoms with van der Waals surface area (Å²) >= 11 is 7.44. The van der Waals surface area contributed by atoms with Crippen molar-refractivity contribution in [1.82, 2.24) is 9.88 Å². The van der Waals surface area contributed by atoms with Crippen LogP contribution in [0, 0.1) is 0 Å². The van der Waals surface area contributed by atoms with Crippen LogP contribution in [0.15, 0.2) is 36.0 Å². The smallest absolute Gasteiger partial charge is 0.222 e. The molecule has 1 aromatic heterocycles. The zero-order chi connectivity index (χ0) is 15.2. The van der Waals surface area contributed by atoms with Crippen molar-refractivity contribution in [2.45, 2.75) is 32.2 Å². The highest BCUT2D eigenvalue weighted by molar-refractivity contribution is 7.09. The van der Waals surface area contributed by atoms with E-state index in [1.54, 1.807) is 21.7 Å². The maximum atomic E-state index is 12.2. The largest absolute Gasteiger partial charge is 0.338 e. The third-order valence-electron chi connectivity index (χ3n) is 3.61. The van der Waals surface area contributed by atoms with Crippen LogP contribution in [0.4, 0.5) is 0 Å². The number of halogens is 1. The molecule has 2 rings (SSSR count). The number of thiazole rings is 1. The molecule has 0 fully saturated rings. The first kappa shape index (κ1) is 16.0. The number of aryl methyl sites for hydroxylation is 1. The standard InChI is InChI=1S/C16H19ClN2OS/c1-12(15-10-18-11-21-15)19(2)16(20)5-3-4-13-6-8-14(17)9-7-13/h6-12H,3-5H2,1-2H3/t12-/m0/s1. The van der Waals surface area contributed by atoms with Crippen LogP contribution in [0.2, 0.25) is 5.02 Å². The predicted molar refractivity (Wildman–Crippen MR) is 87.7 cm³/mol. The minimum atomic E-state index is 0.0838. The van der Waals surface area contributed by atoms with E-state index in [-0.39, 0.29) is 11.9 Å². The molecular formula is C16H19ClN2OS. The lowest BCUT2D eigenvalue weighted by atomic mass is 10.1. The van der Waals surface area contributed by atoms with Crippen LogP contribution < -0.4 is 0 Å². The van der Waals surface area contributed by atoms with Crippen molar-refractivity contribution in [1.29, 1.82) is 0 Å². The summed E-state index contributed by atoms with van der Waals surface area (Å²) in [4.78, 5) is 19.2. The number of rotatable bonds is 6. The second-order valence-electron chi connectivity index (χ2n) is 5.06. The molecule has 0 bridgehead atoms. The van der Waals surface area contributed by atoms with Gasteiger partial charge in [-0.2, -0.15) is 0 Å². The number of carbonyl (C=O) groups excluding carboxylic acids is 1. The molecule has 1 atom stereocenters. The van der Waals surface area contributed by atoms with Gasteiger partial charge in [-0.3, -0.25) is 9.78 Å². The van der Waals surface area contributed by atoms with E-state index >= 15 is 0 Å². The summed E-state index contributed by atoms with van der Waals surface area (Å²) in [6, 6.07) is 7.88. The van der Waals surface area contributed by atoms with E-state index in [2.05, 4.69) is 4.98 Å². The summed E-state index contributed by atoms with van der Waals surface area (Å²) in [5.74, 6) is 0.171. The number of nitrogens with zero attached hydrogens (tertiary/aromatic N) is 2. The fraction of sp³-hybridized carbons (Fsp3) is 0.375. The number of amides is 1. The Balaban J connectivity index is 1.80. The Hall–Kier alpha value is -1.39. The van der Waals surface area contributed by atoms with E-state index in [4.69, 9.17) is 11.6 Å². The van der Waals surface area contributed by atoms with Crippen molar-refractivity contribution in [3.63, 3.8) is 0 Å². The van der Waals surface area contributed by atoms with E-state index in [0.29, 0.717) is 6.42 Å². The van der Waals surface area contributed by atoms with Gasteiger partial charge in [0.15, 0.2) is 0 Å². The van der Waals surface area contributed by atoms with Crippen LogP contribution in [0.1, 0.15) is 36.2 Å². The van der Waals surface area contributed by atoms with Crippen molar-refractivity contribution in [2.24, 2.45) is 0 Å². The zero-order valence-electron chi connectivity index (χ0n) is 12.3. The summed E-state index contributed by atoms with van der Waals surface area (Å²) in [6.45, 7) is 2.03. The van der Waals surface area contributed by atoms with E-state index in [1.807, 2.05) is 44.4 Å². The molecule has 0 saturated heterocycles. The quantitative estimate of drug-likeness (QED) is 0.792. The van der Waals surface area contributed by atoms with Crippen LogP contribution in [0.25, 0.3) is 0 Å². The number of benzene rings is 1. The van der Waals surface area contributed by atoms with E-state index in [9.17, 15) is 4.79 Å². The molecule has 3 nitrogen and oxygen atoms in total. The molecule has 0 N–H and O–H groups in total. The molecule has 112 valence electrons. The minimum absolute atomic E-state index is 0.0838. The van der Waals surface area contributed by atoms with Crippen LogP contribution in [-0.2, 0) is 11.2 Å². The zero-order valence-corrected chi connectivity index (χ0v) is 13.8. The normalized spacial score (nSPS) is 12.1. The molecule has 0 saturated carbocycles. The van der Waals surface area contributed by atoms with E-state index < -0.39 is 0 Å². The topological polar surface area (TPSA) is 33.2 Å². The molecule has 1 heterocycles. The van der Waals surface area contributed by atoms with Gasteiger partial charge in [0.2, 0.25) is 5.91 Å². The van der Waals surface area contributed by atoms with E-state index in [0.717, 1.165) is 22.7 Å². The van der Waals surface area contributed by atoms with Gasteiger partial charge in [-0.25, -0.2) is 0 Å². The van der Waals surface area contributed by atoms with Gasteiger partial charge in [0, 0.05) is 29.6 Å². The van der Waals surface area contributed by atoms with Gasteiger partial charge in [0.1, 0.15) is 0 Å². The van der Waals surface area contributed by atoms with Crippen molar-refractivity contribution < 1.29 is 4.79 Å². The SMILES string of the molecule is C[C@@H](c1cncs1)N(C)C(=O)CCCc1ccc(Cl)cc1. The summed E-state index contributed by atoms with van der Waals surface area (Å²) < 4.78 is 0. The lowest BCUT2D eigenvalue weighted by Crippen LogP contribution is -2.29. The Kier molecular flexibility index (Phi) is 5.76. The molecule has 0 aliphatic carbocycles. The maximum Gasteiger partial charge on any atom is 0.222 e. The highest BCUT2D eigenvalue weighted by Gasteiger charge is 2.17. The number of hydrogen-bond acceptors (Lipinski definition) is 3. The lowest BCUT2D eigenvalue weighted by Gasteiger charge is -2.23. The summed E-state index contributed by atoms with van der Waals surface area (Å²) in [5, 5.41) is 0.743. The van der Waals surface area contributed by atoms with Crippen LogP contribution in [0.3, 0.4) is 0 Å². The molecular weight excluding hydrogens is 304 g/mol. The predicted octanol–water partition coefficient (Wildman–Crippen LogP) is 4.34. The van der Waals surface area contributed by atoms with Crippen molar-refractivity contribution in [2.75, 3.05) is 7.05 Å². The Morgan fingerprint density at radius 2 is 2.10 bits per heavy atom. The average Bonchev–Trinajstić information content (AvgIpc) is 3.02. The molecule has 2 aromatic rings. The summed E-state index contributed by atoms with van der Waals surface area (Å²) in [6.07, 6.45) is 4.13. The van der Waals surface area contributed by atoms with Gasteiger partial charge < -0.3 is 4.90 Å². The monoisotopic (exact) mass is 322 g/mol. The molecule has 21 heavy (non-hydrogen) atoms. The minimum Gasteiger partial charge on any atom is -0.338 e. The number of carbonyl (C=O) groups is 1. The fourth-order valence-corrected chi connectivity index (χ4v) is 2.96. The molecule has 1 amide bonds. The summed E-state index contributed by atoms with van der Waals surface area (Å²) in [7, 11) is 1.86. The summed E-state index contributed by atoms with van der Waals surface area (Å²) in [5.41, 5.74) is 3.01. The molecule has 0 aliphatic heterocycles. The highest BCUT2D eigenvalue weighted by atomic mass is 35.5. The van der Waals surface area contributed by atoms with Crippen LogP contribution in [0.5, 0.6) is 0 Å². The Labute approximate surface area is 134 Å². The Morgan fingerprint density at radius 1 is 1.38 bits per heavy atom. The van der Waals surface area contributed by atoms with Gasteiger partial charge in [0.25, 0.3) is 0 Å². The molecule has 0 aliphatic rings. The maximum absolute atomic E-state index is 12.2. The second-order valence-corrected chi connectivity index (χ2v) is 6.42. The third-order valence-corrected chi connectivity index (χ3v) is 4.80. The van der Waals surface area contributed by atoms with Gasteiger partial charge >= 0.3 is 0 Å². The lowest BCUT2D eigenvalue weighted by molar-refractivity contribution is -0.131. The van der Waals surface area contributed by atoms with Gasteiger partial charge in [-0.1, -0.05) is 23.7 Å². The average molecular weight is 323 g/mol. The molecule has 0 spiro atoms. The van der Waals surface area contributed by atoms with Crippen molar-refractivity contribution in [3.05, 3.63) is 51.4 Å². The number of aromatic nitrogens is 1. The molecule has 5 heteroatoms. The first-order valence-electron chi connectivity index (χ1n) is 6.96. The van der Waals surface area contributed by atoms with Gasteiger partial charge in [-0.05, 0) is 37.5 Å². The van der Waals surface area contributed by atoms with Crippen LogP contribution in [-0.4, -0.2) is 22.8 Å². The van der Waals surface area contributed by atoms with Crippen molar-refractivity contribution in [3.8, 4) is 0 Å². The first-order valence-corrected chi connectivity index (χ1v) is 8.22. The molecule has 0 radical (unpaired) electrons. The Morgan fingerprint density at radius 3 is 2.71 bits per heavy atom. The second kappa shape index (κ2) is 7.57. The van der Waals surface area contributed by atoms with Gasteiger partial charge in [-0.15, -0.1) is 11.3 Å².